The van der Waals surface area contributed by atoms with E-state index >= 15 is 0 Å². The lowest BCUT2D eigenvalue weighted by molar-refractivity contribution is -0.137. The molecule has 0 spiro atoms. The van der Waals surface area contributed by atoms with Crippen molar-refractivity contribution in [3.63, 3.8) is 0 Å². The Labute approximate surface area is 223 Å². The number of amides is 1. The summed E-state index contributed by atoms with van der Waals surface area (Å²) in [5, 5.41) is 12.3. The summed E-state index contributed by atoms with van der Waals surface area (Å²) in [6.45, 7) is 4.18. The number of allylic oxidation sites excluding steroid dienone is 1. The number of hydrogen-bond donors (Lipinski definition) is 1. The van der Waals surface area contributed by atoms with Crippen LogP contribution in [0, 0.1) is 0 Å². The van der Waals surface area contributed by atoms with E-state index in [0.717, 1.165) is 35.5 Å². The Balaban J connectivity index is 1.60. The number of aromatic nitrogens is 3. The normalized spacial score (nSPS) is 11.5. The monoisotopic (exact) mass is 580 g/mol. The maximum Gasteiger partial charge on any atom is 0.416 e. The van der Waals surface area contributed by atoms with Gasteiger partial charge in [-0.3, -0.25) is 4.79 Å². The lowest BCUT2D eigenvalue weighted by Crippen LogP contribution is -2.16. The Morgan fingerprint density at radius 1 is 1.06 bits per heavy atom. The zero-order valence-electron chi connectivity index (χ0n) is 17.9. The van der Waals surface area contributed by atoms with Gasteiger partial charge in [-0.15, -0.1) is 28.5 Å². The van der Waals surface area contributed by atoms with Crippen molar-refractivity contribution in [2.24, 2.45) is 0 Å². The van der Waals surface area contributed by atoms with Gasteiger partial charge in [0.05, 0.1) is 37.8 Å². The maximum absolute atomic E-state index is 12.9. The predicted octanol–water partition coefficient (Wildman–Crippen LogP) is 7.61. The van der Waals surface area contributed by atoms with Gasteiger partial charge in [0.15, 0.2) is 5.16 Å². The van der Waals surface area contributed by atoms with E-state index in [9.17, 15) is 18.0 Å². The van der Waals surface area contributed by atoms with Gasteiger partial charge in [-0.2, -0.15) is 13.2 Å². The minimum Gasteiger partial charge on any atom is -0.324 e. The molecule has 0 radical (unpaired) electrons. The van der Waals surface area contributed by atoms with Crippen molar-refractivity contribution in [2.45, 2.75) is 29.4 Å². The molecule has 1 amide bonds. The first-order chi connectivity index (χ1) is 16.6. The van der Waals surface area contributed by atoms with Crippen molar-refractivity contribution >= 4 is 69.9 Å². The molecule has 13 heteroatoms. The molecule has 2 aromatic carbocycles. The molecule has 0 aliphatic heterocycles. The van der Waals surface area contributed by atoms with E-state index in [2.05, 4.69) is 22.1 Å². The van der Waals surface area contributed by atoms with Crippen LogP contribution in [-0.4, -0.2) is 26.4 Å². The van der Waals surface area contributed by atoms with Crippen LogP contribution in [0.3, 0.4) is 0 Å². The number of carbonyl (C=O) groups excluding carboxylic acids is 1. The predicted molar refractivity (Wildman–Crippen MR) is 137 cm³/mol. The van der Waals surface area contributed by atoms with Crippen LogP contribution in [0.2, 0.25) is 15.1 Å². The Morgan fingerprint density at radius 2 is 1.80 bits per heavy atom. The van der Waals surface area contributed by atoms with Crippen molar-refractivity contribution in [1.82, 2.24) is 14.8 Å². The summed E-state index contributed by atoms with van der Waals surface area (Å²) in [5.74, 6) is 1.30. The summed E-state index contributed by atoms with van der Waals surface area (Å²) < 4.78 is 40.7. The number of nitrogens with one attached hydrogen (secondary N) is 1. The molecule has 1 heterocycles. The van der Waals surface area contributed by atoms with Gasteiger partial charge in [0, 0.05) is 12.3 Å². The third-order valence-electron chi connectivity index (χ3n) is 4.49. The fraction of sp³-hybridized carbons (Fsp3) is 0.227. The topological polar surface area (TPSA) is 59.8 Å². The Bertz CT molecular complexity index is 1220. The molecular formula is C22H18Cl3F3N4OS2. The standard InChI is InChI=1S/C22H18Cl3F3N4OS2/c1-2-7-32-19(11-34-10-13-3-5-15(23)17(25)8-13)30-31-21(32)35-12-20(33)29-18-9-14(22(26,27)28)4-6-16(18)24/h2-6,8-9H,1,7,10-12H2,(H,29,33). The summed E-state index contributed by atoms with van der Waals surface area (Å²) in [7, 11) is 0. The van der Waals surface area contributed by atoms with Crippen LogP contribution in [0.25, 0.3) is 0 Å². The highest BCUT2D eigenvalue weighted by Gasteiger charge is 2.31. The second kappa shape index (κ2) is 12.4. The average molecular weight is 582 g/mol. The summed E-state index contributed by atoms with van der Waals surface area (Å²) in [6, 6.07) is 8.19. The molecule has 0 unspecified atom stereocenters. The first kappa shape index (κ1) is 27.7. The number of benzene rings is 2. The van der Waals surface area contributed by atoms with Crippen molar-refractivity contribution in [1.29, 1.82) is 0 Å². The number of thioether (sulfide) groups is 2. The van der Waals surface area contributed by atoms with Gasteiger partial charge in [-0.05, 0) is 35.9 Å². The zero-order valence-corrected chi connectivity index (χ0v) is 21.8. The zero-order chi connectivity index (χ0) is 25.6. The molecule has 0 saturated carbocycles. The quantitative estimate of drug-likeness (QED) is 0.197. The van der Waals surface area contributed by atoms with E-state index in [1.165, 1.54) is 0 Å². The number of anilines is 1. The molecule has 0 fully saturated rings. The third kappa shape index (κ3) is 7.82. The van der Waals surface area contributed by atoms with Gasteiger partial charge in [0.25, 0.3) is 0 Å². The molecule has 186 valence electrons. The first-order valence-electron chi connectivity index (χ1n) is 9.92. The summed E-state index contributed by atoms with van der Waals surface area (Å²) >= 11 is 20.7. The number of halogens is 6. The molecule has 0 aliphatic carbocycles. The van der Waals surface area contributed by atoms with Gasteiger partial charge in [0.2, 0.25) is 5.91 Å². The largest absolute Gasteiger partial charge is 0.416 e. The molecule has 0 aliphatic rings. The van der Waals surface area contributed by atoms with Gasteiger partial charge in [-0.1, -0.05) is 58.7 Å². The SMILES string of the molecule is C=CCn1c(CSCc2ccc(Cl)c(Cl)c2)nnc1SCC(=O)Nc1cc(C(F)(F)F)ccc1Cl. The van der Waals surface area contributed by atoms with Crippen LogP contribution in [0.1, 0.15) is 17.0 Å². The summed E-state index contributed by atoms with van der Waals surface area (Å²) in [4.78, 5) is 12.4. The molecular weight excluding hydrogens is 564 g/mol. The van der Waals surface area contributed by atoms with E-state index in [-0.39, 0.29) is 16.5 Å². The summed E-state index contributed by atoms with van der Waals surface area (Å²) in [6.07, 6.45) is -2.86. The molecule has 0 saturated heterocycles. The molecule has 3 rings (SSSR count). The molecule has 1 N–H and O–H groups in total. The van der Waals surface area contributed by atoms with Crippen LogP contribution >= 0.6 is 58.3 Å². The number of nitrogens with zero attached hydrogens (tertiary/aromatic N) is 3. The second-order valence-corrected chi connectivity index (χ2v) is 10.2. The molecule has 1 aromatic heterocycles. The summed E-state index contributed by atoms with van der Waals surface area (Å²) in [5.41, 5.74) is -0.00339. The Hall–Kier alpha value is -1.85. The van der Waals surface area contributed by atoms with Crippen LogP contribution < -0.4 is 5.32 Å². The lowest BCUT2D eigenvalue weighted by Gasteiger charge is -2.12. The van der Waals surface area contributed by atoms with Gasteiger partial charge >= 0.3 is 6.18 Å². The molecule has 0 atom stereocenters. The third-order valence-corrected chi connectivity index (χ3v) is 7.52. The molecule has 5 nitrogen and oxygen atoms in total. The molecule has 0 bridgehead atoms. The smallest absolute Gasteiger partial charge is 0.324 e. The van der Waals surface area contributed by atoms with E-state index in [1.54, 1.807) is 23.9 Å². The highest BCUT2D eigenvalue weighted by Crippen LogP contribution is 2.34. The number of hydrogen-bond acceptors (Lipinski definition) is 5. The van der Waals surface area contributed by atoms with E-state index in [0.29, 0.717) is 39.1 Å². The molecule has 3 aromatic rings. The minimum atomic E-state index is -4.55. The van der Waals surface area contributed by atoms with Crippen molar-refractivity contribution in [3.05, 3.63) is 81.1 Å². The Kier molecular flexibility index (Phi) is 9.83. The minimum absolute atomic E-state index is 0.00691. The number of rotatable bonds is 10. The van der Waals surface area contributed by atoms with E-state index < -0.39 is 17.6 Å². The number of carbonyl (C=O) groups is 1. The second-order valence-electron chi connectivity index (χ2n) is 7.07. The van der Waals surface area contributed by atoms with Crippen molar-refractivity contribution in [3.8, 4) is 0 Å². The maximum atomic E-state index is 12.9. The highest BCUT2D eigenvalue weighted by atomic mass is 35.5. The van der Waals surface area contributed by atoms with E-state index in [1.807, 2.05) is 16.7 Å². The van der Waals surface area contributed by atoms with Crippen LogP contribution in [0.4, 0.5) is 18.9 Å². The van der Waals surface area contributed by atoms with Crippen LogP contribution in [0.15, 0.2) is 54.2 Å². The van der Waals surface area contributed by atoms with Crippen LogP contribution in [0.5, 0.6) is 0 Å². The van der Waals surface area contributed by atoms with E-state index in [4.69, 9.17) is 34.8 Å². The fourth-order valence-electron chi connectivity index (χ4n) is 2.85. The fourth-order valence-corrected chi connectivity index (χ4v) is 5.01. The van der Waals surface area contributed by atoms with Gasteiger partial charge in [-0.25, -0.2) is 0 Å². The first-order valence-corrected chi connectivity index (χ1v) is 13.2. The van der Waals surface area contributed by atoms with Crippen molar-refractivity contribution < 1.29 is 18.0 Å². The van der Waals surface area contributed by atoms with Gasteiger partial charge < -0.3 is 9.88 Å². The highest BCUT2D eigenvalue weighted by molar-refractivity contribution is 7.99. The molecule has 35 heavy (non-hydrogen) atoms. The van der Waals surface area contributed by atoms with Crippen molar-refractivity contribution in [2.75, 3.05) is 11.1 Å². The average Bonchev–Trinajstić information content (AvgIpc) is 3.17. The number of alkyl halides is 3. The van der Waals surface area contributed by atoms with Gasteiger partial charge in [0.1, 0.15) is 5.82 Å². The Morgan fingerprint density at radius 3 is 2.49 bits per heavy atom. The van der Waals surface area contributed by atoms with Crippen LogP contribution in [-0.2, 0) is 29.0 Å². The lowest BCUT2D eigenvalue weighted by atomic mass is 10.2.